The summed E-state index contributed by atoms with van der Waals surface area (Å²) in [4.78, 5) is 49.3. The summed E-state index contributed by atoms with van der Waals surface area (Å²) in [5.74, 6) is -0.386. The fourth-order valence-corrected chi connectivity index (χ4v) is 2.85. The molecule has 2 aliphatic rings. The molecule has 1 aromatic heterocycles. The molecule has 0 saturated carbocycles. The molecule has 0 radical (unpaired) electrons. The van der Waals surface area contributed by atoms with Crippen LogP contribution in [0.3, 0.4) is 0 Å². The molecule has 0 aromatic carbocycles. The van der Waals surface area contributed by atoms with Gasteiger partial charge in [-0.3, -0.25) is 19.7 Å². The van der Waals surface area contributed by atoms with Crippen molar-refractivity contribution in [3.63, 3.8) is 0 Å². The number of rotatable bonds is 2. The van der Waals surface area contributed by atoms with Gasteiger partial charge in [0.2, 0.25) is 5.91 Å². The Bertz CT molecular complexity index is 737. The smallest absolute Gasteiger partial charge is 0.407 e. The maximum Gasteiger partial charge on any atom is 0.407 e. The quantitative estimate of drug-likeness (QED) is 0.666. The summed E-state index contributed by atoms with van der Waals surface area (Å²) in [5, 5.41) is 15.4. The SMILES string of the molecule is O=C1CCC(n2nc(N3CCN(C(=O)O)CC3)ccc2=O)C(=O)N1. The number of carbonyl (C=O) groups excluding carboxylic acids is 2. The molecule has 24 heavy (non-hydrogen) atoms. The predicted octanol–water partition coefficient (Wildman–Crippen LogP) is -0.979. The van der Waals surface area contributed by atoms with Crippen molar-refractivity contribution in [1.29, 1.82) is 0 Å². The fraction of sp³-hybridized carbons (Fsp3) is 0.500. The maximum absolute atomic E-state index is 12.1. The molecule has 1 atom stereocenters. The highest BCUT2D eigenvalue weighted by Crippen LogP contribution is 2.18. The molecule has 2 aliphatic heterocycles. The van der Waals surface area contributed by atoms with Crippen molar-refractivity contribution < 1.29 is 19.5 Å². The first-order valence-corrected chi connectivity index (χ1v) is 7.62. The Morgan fingerprint density at radius 1 is 1.17 bits per heavy atom. The zero-order valence-electron chi connectivity index (χ0n) is 12.8. The Morgan fingerprint density at radius 2 is 1.88 bits per heavy atom. The lowest BCUT2D eigenvalue weighted by Gasteiger charge is -2.34. The molecule has 0 spiro atoms. The van der Waals surface area contributed by atoms with Gasteiger partial charge in [-0.15, -0.1) is 0 Å². The van der Waals surface area contributed by atoms with Gasteiger partial charge in [-0.1, -0.05) is 0 Å². The second-order valence-electron chi connectivity index (χ2n) is 5.70. The molecule has 2 saturated heterocycles. The summed E-state index contributed by atoms with van der Waals surface area (Å²) in [6.07, 6.45) is -0.573. The zero-order chi connectivity index (χ0) is 17.3. The van der Waals surface area contributed by atoms with Crippen molar-refractivity contribution in [2.24, 2.45) is 0 Å². The first kappa shape index (κ1) is 16.0. The highest BCUT2D eigenvalue weighted by Gasteiger charge is 2.30. The normalized spacial score (nSPS) is 21.6. The van der Waals surface area contributed by atoms with Gasteiger partial charge in [0.15, 0.2) is 0 Å². The number of nitrogens with one attached hydrogen (secondary N) is 1. The molecule has 3 heterocycles. The van der Waals surface area contributed by atoms with Crippen molar-refractivity contribution in [2.75, 3.05) is 31.1 Å². The summed E-state index contributed by atoms with van der Waals surface area (Å²) < 4.78 is 1.10. The molecule has 1 aromatic rings. The van der Waals surface area contributed by atoms with E-state index in [1.807, 2.05) is 4.90 Å². The predicted molar refractivity (Wildman–Crippen MR) is 81.7 cm³/mol. The van der Waals surface area contributed by atoms with Crippen LogP contribution in [-0.4, -0.2) is 63.9 Å². The standard InChI is InChI=1S/C14H17N5O5/c20-11-3-1-9(13(22)15-11)19-12(21)4-2-10(16-19)17-5-7-18(8-6-17)14(23)24/h2,4,9H,1,3,5-8H2,(H,23,24)(H,15,20,22). The molecule has 10 heteroatoms. The van der Waals surface area contributed by atoms with E-state index in [1.165, 1.54) is 11.0 Å². The second kappa shape index (κ2) is 6.30. The second-order valence-corrected chi connectivity index (χ2v) is 5.70. The Balaban J connectivity index is 1.80. The topological polar surface area (TPSA) is 125 Å². The van der Waals surface area contributed by atoms with Crippen molar-refractivity contribution in [2.45, 2.75) is 18.9 Å². The number of anilines is 1. The number of nitrogens with zero attached hydrogens (tertiary/aromatic N) is 4. The van der Waals surface area contributed by atoms with Crippen molar-refractivity contribution in [3.05, 3.63) is 22.5 Å². The average molecular weight is 335 g/mol. The van der Waals surface area contributed by atoms with Gasteiger partial charge in [-0.25, -0.2) is 9.48 Å². The zero-order valence-corrected chi connectivity index (χ0v) is 12.8. The Morgan fingerprint density at radius 3 is 2.50 bits per heavy atom. The van der Waals surface area contributed by atoms with E-state index in [4.69, 9.17) is 5.11 Å². The van der Waals surface area contributed by atoms with Gasteiger partial charge in [0.1, 0.15) is 11.9 Å². The minimum atomic E-state index is -0.962. The summed E-state index contributed by atoms with van der Waals surface area (Å²) in [6.45, 7) is 1.59. The third-order valence-electron chi connectivity index (χ3n) is 4.19. The number of piperidine rings is 1. The number of hydrogen-bond acceptors (Lipinski definition) is 6. The van der Waals surface area contributed by atoms with E-state index >= 15 is 0 Å². The monoisotopic (exact) mass is 335 g/mol. The first-order valence-electron chi connectivity index (χ1n) is 7.62. The number of aromatic nitrogens is 2. The molecule has 2 N–H and O–H groups in total. The largest absolute Gasteiger partial charge is 0.465 e. The van der Waals surface area contributed by atoms with E-state index < -0.39 is 23.6 Å². The van der Waals surface area contributed by atoms with Gasteiger partial charge < -0.3 is 14.9 Å². The van der Waals surface area contributed by atoms with Crippen molar-refractivity contribution >= 4 is 23.7 Å². The van der Waals surface area contributed by atoms with E-state index in [2.05, 4.69) is 10.4 Å². The third-order valence-corrected chi connectivity index (χ3v) is 4.19. The lowest BCUT2D eigenvalue weighted by molar-refractivity contribution is -0.136. The highest BCUT2D eigenvalue weighted by atomic mass is 16.4. The van der Waals surface area contributed by atoms with Gasteiger partial charge in [0.05, 0.1) is 0 Å². The molecule has 3 rings (SSSR count). The summed E-state index contributed by atoms with van der Waals surface area (Å²) in [5.41, 5.74) is -0.419. The molecular formula is C14H17N5O5. The number of piperazine rings is 1. The van der Waals surface area contributed by atoms with Crippen LogP contribution in [0.5, 0.6) is 0 Å². The van der Waals surface area contributed by atoms with Crippen molar-refractivity contribution in [3.8, 4) is 0 Å². The van der Waals surface area contributed by atoms with E-state index in [-0.39, 0.29) is 18.7 Å². The van der Waals surface area contributed by atoms with Gasteiger partial charge >= 0.3 is 6.09 Å². The van der Waals surface area contributed by atoms with E-state index in [0.717, 1.165) is 4.68 Å². The Hall–Kier alpha value is -2.91. The van der Waals surface area contributed by atoms with Crippen LogP contribution >= 0.6 is 0 Å². The lowest BCUT2D eigenvalue weighted by Crippen LogP contribution is -2.49. The molecule has 128 valence electrons. The average Bonchev–Trinajstić information content (AvgIpc) is 2.56. The first-order chi connectivity index (χ1) is 11.5. The van der Waals surface area contributed by atoms with Crippen LogP contribution in [0.25, 0.3) is 0 Å². The van der Waals surface area contributed by atoms with Crippen LogP contribution in [0, 0.1) is 0 Å². The summed E-state index contributed by atoms with van der Waals surface area (Å²) in [6, 6.07) is 2.08. The van der Waals surface area contributed by atoms with E-state index in [9.17, 15) is 19.2 Å². The molecule has 10 nitrogen and oxygen atoms in total. The lowest BCUT2D eigenvalue weighted by atomic mass is 10.1. The highest BCUT2D eigenvalue weighted by molar-refractivity contribution is 5.99. The minimum absolute atomic E-state index is 0.159. The number of carboxylic acid groups (broad SMARTS) is 1. The number of carbonyl (C=O) groups is 3. The summed E-state index contributed by atoms with van der Waals surface area (Å²) in [7, 11) is 0. The molecule has 0 bridgehead atoms. The van der Waals surface area contributed by atoms with E-state index in [1.54, 1.807) is 6.07 Å². The van der Waals surface area contributed by atoms with Crippen LogP contribution in [0.2, 0.25) is 0 Å². The van der Waals surface area contributed by atoms with Gasteiger partial charge in [0.25, 0.3) is 11.5 Å². The number of hydrogen-bond donors (Lipinski definition) is 2. The van der Waals surface area contributed by atoms with Crippen molar-refractivity contribution in [1.82, 2.24) is 20.0 Å². The van der Waals surface area contributed by atoms with E-state index in [0.29, 0.717) is 32.0 Å². The van der Waals surface area contributed by atoms with Crippen LogP contribution in [0.4, 0.5) is 10.6 Å². The number of amides is 3. The fourth-order valence-electron chi connectivity index (χ4n) is 2.85. The minimum Gasteiger partial charge on any atom is -0.465 e. The van der Waals surface area contributed by atoms with Gasteiger partial charge in [0, 0.05) is 38.7 Å². The van der Waals surface area contributed by atoms with Crippen LogP contribution in [0.1, 0.15) is 18.9 Å². The van der Waals surface area contributed by atoms with Crippen LogP contribution in [0.15, 0.2) is 16.9 Å². The maximum atomic E-state index is 12.1. The van der Waals surface area contributed by atoms with Gasteiger partial charge in [-0.2, -0.15) is 5.10 Å². The third kappa shape index (κ3) is 3.07. The molecule has 1 unspecified atom stereocenters. The molecule has 3 amide bonds. The Kier molecular flexibility index (Phi) is 4.19. The Labute approximate surface area is 136 Å². The van der Waals surface area contributed by atoms with Gasteiger partial charge in [-0.05, 0) is 12.5 Å². The number of imide groups is 1. The molecule has 2 fully saturated rings. The van der Waals surface area contributed by atoms with Crippen LogP contribution < -0.4 is 15.8 Å². The molecular weight excluding hydrogens is 318 g/mol. The summed E-state index contributed by atoms with van der Waals surface area (Å²) >= 11 is 0. The van der Waals surface area contributed by atoms with Crippen LogP contribution in [-0.2, 0) is 9.59 Å². The molecule has 0 aliphatic carbocycles.